The molecule has 2 aromatic rings. The van der Waals surface area contributed by atoms with Gasteiger partial charge in [0, 0.05) is 12.0 Å². The summed E-state index contributed by atoms with van der Waals surface area (Å²) in [5, 5.41) is 15.4. The van der Waals surface area contributed by atoms with E-state index in [1.165, 1.54) is 6.20 Å². The molecule has 1 aromatic heterocycles. The largest absolute Gasteiger partial charge is 0.379 e. The SMILES string of the molecule is O=[N+]([O-])c1cc(F)c2c(cnn2C2CCOC2)c1Br. The number of ether oxygens (including phenoxy) is 1. The van der Waals surface area contributed by atoms with E-state index in [0.717, 1.165) is 12.5 Å². The molecule has 8 heteroatoms. The number of hydrogen-bond donors (Lipinski definition) is 0. The zero-order valence-corrected chi connectivity index (χ0v) is 11.3. The van der Waals surface area contributed by atoms with Crippen LogP contribution in [0.1, 0.15) is 12.5 Å². The molecule has 0 spiro atoms. The lowest BCUT2D eigenvalue weighted by atomic mass is 10.2. The van der Waals surface area contributed by atoms with Gasteiger partial charge in [-0.25, -0.2) is 4.39 Å². The minimum atomic E-state index is -0.644. The van der Waals surface area contributed by atoms with Crippen LogP contribution in [0.25, 0.3) is 10.9 Å². The number of aromatic nitrogens is 2. The summed E-state index contributed by atoms with van der Waals surface area (Å²) >= 11 is 3.15. The van der Waals surface area contributed by atoms with E-state index in [-0.39, 0.29) is 21.7 Å². The van der Waals surface area contributed by atoms with Crippen LogP contribution >= 0.6 is 15.9 Å². The summed E-state index contributed by atoms with van der Waals surface area (Å²) in [7, 11) is 0. The first-order valence-corrected chi connectivity index (χ1v) is 6.46. The van der Waals surface area contributed by atoms with Gasteiger partial charge in [-0.15, -0.1) is 0 Å². The second-order valence-corrected chi connectivity index (χ2v) is 5.11. The zero-order valence-electron chi connectivity index (χ0n) is 9.68. The fourth-order valence-corrected chi connectivity index (χ4v) is 2.82. The van der Waals surface area contributed by atoms with Crippen molar-refractivity contribution in [3.63, 3.8) is 0 Å². The molecule has 2 heterocycles. The fraction of sp³-hybridized carbons (Fsp3) is 0.364. The third-order valence-corrected chi connectivity index (χ3v) is 4.03. The zero-order chi connectivity index (χ0) is 13.6. The molecule has 1 aliphatic heterocycles. The number of nitrogens with zero attached hydrogens (tertiary/aromatic N) is 3. The second-order valence-electron chi connectivity index (χ2n) is 4.32. The van der Waals surface area contributed by atoms with Gasteiger partial charge < -0.3 is 4.74 Å². The molecule has 0 radical (unpaired) electrons. The highest BCUT2D eigenvalue weighted by atomic mass is 79.9. The maximum Gasteiger partial charge on any atom is 0.287 e. The standard InChI is InChI=1S/C11H9BrFN3O3/c12-10-7-4-14-15(6-1-2-19-5-6)11(7)8(13)3-9(10)16(17)18/h3-4,6H,1-2,5H2. The molecule has 0 N–H and O–H groups in total. The van der Waals surface area contributed by atoms with Gasteiger partial charge in [0.25, 0.3) is 5.69 Å². The van der Waals surface area contributed by atoms with Gasteiger partial charge in [-0.3, -0.25) is 14.8 Å². The lowest BCUT2D eigenvalue weighted by Crippen LogP contribution is -2.10. The number of hydrogen-bond acceptors (Lipinski definition) is 4. The number of halogens is 2. The fourth-order valence-electron chi connectivity index (χ4n) is 2.28. The van der Waals surface area contributed by atoms with Crippen molar-refractivity contribution in [2.75, 3.05) is 13.2 Å². The van der Waals surface area contributed by atoms with Crippen LogP contribution in [0.5, 0.6) is 0 Å². The lowest BCUT2D eigenvalue weighted by molar-refractivity contribution is -0.385. The van der Waals surface area contributed by atoms with Crippen LogP contribution in [0.2, 0.25) is 0 Å². The molecule has 1 aliphatic rings. The van der Waals surface area contributed by atoms with Crippen molar-refractivity contribution >= 4 is 32.5 Å². The third-order valence-electron chi connectivity index (χ3n) is 3.19. The summed E-state index contributed by atoms with van der Waals surface area (Å²) in [6.07, 6.45) is 2.19. The van der Waals surface area contributed by atoms with E-state index in [4.69, 9.17) is 4.74 Å². The minimum Gasteiger partial charge on any atom is -0.379 e. The highest BCUT2D eigenvalue weighted by Gasteiger charge is 2.26. The van der Waals surface area contributed by atoms with E-state index >= 15 is 0 Å². The van der Waals surface area contributed by atoms with Crippen LogP contribution in [0.3, 0.4) is 0 Å². The lowest BCUT2D eigenvalue weighted by Gasteiger charge is -2.10. The number of fused-ring (bicyclic) bond motifs is 1. The average molecular weight is 330 g/mol. The molecule has 1 fully saturated rings. The van der Waals surface area contributed by atoms with Crippen molar-refractivity contribution in [3.05, 3.63) is 32.7 Å². The molecule has 19 heavy (non-hydrogen) atoms. The van der Waals surface area contributed by atoms with Crippen molar-refractivity contribution in [1.29, 1.82) is 0 Å². The average Bonchev–Trinajstić information content (AvgIpc) is 3.00. The number of rotatable bonds is 2. The summed E-state index contributed by atoms with van der Waals surface area (Å²) in [6.45, 7) is 1.09. The summed E-state index contributed by atoms with van der Waals surface area (Å²) in [5.41, 5.74) is -0.0276. The third kappa shape index (κ3) is 1.91. The van der Waals surface area contributed by atoms with Crippen LogP contribution in [0.4, 0.5) is 10.1 Å². The Morgan fingerprint density at radius 3 is 3.05 bits per heavy atom. The van der Waals surface area contributed by atoms with Gasteiger partial charge in [0.2, 0.25) is 0 Å². The minimum absolute atomic E-state index is 0.0274. The highest BCUT2D eigenvalue weighted by molar-refractivity contribution is 9.10. The Balaban J connectivity index is 2.23. The Morgan fingerprint density at radius 1 is 1.63 bits per heavy atom. The first-order valence-electron chi connectivity index (χ1n) is 5.67. The van der Waals surface area contributed by atoms with Crippen LogP contribution in [0.15, 0.2) is 16.7 Å². The normalized spacial score (nSPS) is 19.2. The highest BCUT2D eigenvalue weighted by Crippen LogP contribution is 2.36. The molecule has 0 amide bonds. The van der Waals surface area contributed by atoms with E-state index in [1.54, 1.807) is 4.68 Å². The number of nitro benzene ring substituents is 1. The van der Waals surface area contributed by atoms with E-state index in [0.29, 0.717) is 18.6 Å². The Kier molecular flexibility index (Phi) is 2.98. The molecule has 0 bridgehead atoms. The van der Waals surface area contributed by atoms with E-state index < -0.39 is 10.7 Å². The summed E-state index contributed by atoms with van der Waals surface area (Å²) in [6, 6.07) is 0.890. The van der Waals surface area contributed by atoms with Crippen molar-refractivity contribution < 1.29 is 14.1 Å². The predicted octanol–water partition coefficient (Wildman–Crippen LogP) is 2.81. The summed E-state index contributed by atoms with van der Waals surface area (Å²) in [4.78, 5) is 10.2. The van der Waals surface area contributed by atoms with Crippen molar-refractivity contribution in [3.8, 4) is 0 Å². The van der Waals surface area contributed by atoms with Gasteiger partial charge in [-0.1, -0.05) is 0 Å². The Hall–Kier alpha value is -1.54. The second kappa shape index (κ2) is 4.53. The Morgan fingerprint density at radius 2 is 2.42 bits per heavy atom. The monoisotopic (exact) mass is 329 g/mol. The van der Waals surface area contributed by atoms with Crippen molar-refractivity contribution in [1.82, 2.24) is 9.78 Å². The van der Waals surface area contributed by atoms with E-state index in [1.807, 2.05) is 0 Å². The predicted molar refractivity (Wildman–Crippen MR) is 68.5 cm³/mol. The smallest absolute Gasteiger partial charge is 0.287 e. The number of nitro groups is 1. The van der Waals surface area contributed by atoms with Crippen LogP contribution in [-0.2, 0) is 4.74 Å². The van der Waals surface area contributed by atoms with Gasteiger partial charge in [-0.05, 0) is 22.4 Å². The van der Waals surface area contributed by atoms with Gasteiger partial charge >= 0.3 is 0 Å². The first-order chi connectivity index (χ1) is 9.09. The molecule has 1 unspecified atom stereocenters. The summed E-state index contributed by atoms with van der Waals surface area (Å²) < 4.78 is 21.2. The Bertz CT molecular complexity index is 667. The molecular formula is C11H9BrFN3O3. The maximum atomic E-state index is 14.1. The van der Waals surface area contributed by atoms with E-state index in [9.17, 15) is 14.5 Å². The molecule has 1 saturated heterocycles. The van der Waals surface area contributed by atoms with Gasteiger partial charge in [0.1, 0.15) is 9.99 Å². The van der Waals surface area contributed by atoms with Crippen molar-refractivity contribution in [2.45, 2.75) is 12.5 Å². The summed E-state index contributed by atoms with van der Waals surface area (Å²) in [5.74, 6) is -0.644. The van der Waals surface area contributed by atoms with Gasteiger partial charge in [0.15, 0.2) is 5.82 Å². The van der Waals surface area contributed by atoms with Crippen molar-refractivity contribution in [2.24, 2.45) is 0 Å². The first kappa shape index (κ1) is 12.5. The quantitative estimate of drug-likeness (QED) is 0.627. The van der Waals surface area contributed by atoms with Crippen LogP contribution in [-0.4, -0.2) is 27.9 Å². The molecule has 1 atom stereocenters. The molecule has 100 valence electrons. The van der Waals surface area contributed by atoms with Crippen LogP contribution in [0, 0.1) is 15.9 Å². The molecule has 3 rings (SSSR count). The van der Waals surface area contributed by atoms with Crippen LogP contribution < -0.4 is 0 Å². The molecule has 0 aliphatic carbocycles. The molecular weight excluding hydrogens is 321 g/mol. The molecule has 6 nitrogen and oxygen atoms in total. The molecule has 1 aromatic carbocycles. The van der Waals surface area contributed by atoms with E-state index in [2.05, 4.69) is 21.0 Å². The van der Waals surface area contributed by atoms with Gasteiger partial charge in [0.05, 0.1) is 29.8 Å². The molecule has 0 saturated carbocycles. The number of benzene rings is 1. The Labute approximate surface area is 115 Å². The van der Waals surface area contributed by atoms with Gasteiger partial charge in [-0.2, -0.15) is 5.10 Å². The maximum absolute atomic E-state index is 14.1. The topological polar surface area (TPSA) is 70.2 Å².